The van der Waals surface area contributed by atoms with Crippen LogP contribution < -0.4 is 10.6 Å². The van der Waals surface area contributed by atoms with Crippen LogP contribution in [0.15, 0.2) is 6.20 Å². The van der Waals surface area contributed by atoms with E-state index in [0.29, 0.717) is 6.04 Å². The molecule has 1 aromatic heterocycles. The van der Waals surface area contributed by atoms with Crippen molar-refractivity contribution in [3.8, 4) is 0 Å². The highest BCUT2D eigenvalue weighted by atomic mass is 32.1. The molecular formula is C11H20N4S. The van der Waals surface area contributed by atoms with E-state index in [2.05, 4.69) is 28.8 Å². The maximum Gasteiger partial charge on any atom is 0.185 e. The van der Waals surface area contributed by atoms with Gasteiger partial charge in [0, 0.05) is 42.8 Å². The molecule has 1 fully saturated rings. The predicted octanol–water partition coefficient (Wildman–Crippen LogP) is 1.30. The van der Waals surface area contributed by atoms with Crippen molar-refractivity contribution in [1.82, 2.24) is 9.88 Å². The lowest BCUT2D eigenvalue weighted by Gasteiger charge is -2.37. The molecule has 2 heterocycles. The van der Waals surface area contributed by atoms with Gasteiger partial charge in [0.2, 0.25) is 0 Å². The second-order valence-corrected chi connectivity index (χ2v) is 5.65. The smallest absolute Gasteiger partial charge is 0.185 e. The maximum absolute atomic E-state index is 5.85. The Hall–Kier alpha value is -0.650. The summed E-state index contributed by atoms with van der Waals surface area (Å²) in [5.41, 5.74) is 5.85. The molecule has 2 atom stereocenters. The number of nitrogens with two attached hydrogens (primary N) is 1. The minimum Gasteiger partial charge on any atom is -0.345 e. The number of nitrogens with zero attached hydrogens (tertiary/aromatic N) is 3. The zero-order chi connectivity index (χ0) is 11.7. The molecule has 0 radical (unpaired) electrons. The SMILES string of the molecule is CC(N)c1cnc(N2CCN(C)C(C)C2)s1. The second kappa shape index (κ2) is 4.69. The summed E-state index contributed by atoms with van der Waals surface area (Å²) < 4.78 is 0. The van der Waals surface area contributed by atoms with Gasteiger partial charge in [0.05, 0.1) is 0 Å². The van der Waals surface area contributed by atoms with Gasteiger partial charge >= 0.3 is 0 Å². The monoisotopic (exact) mass is 240 g/mol. The summed E-state index contributed by atoms with van der Waals surface area (Å²) in [5.74, 6) is 0. The summed E-state index contributed by atoms with van der Waals surface area (Å²) in [6.07, 6.45) is 1.91. The Balaban J connectivity index is 2.07. The van der Waals surface area contributed by atoms with Gasteiger partial charge in [-0.1, -0.05) is 0 Å². The lowest BCUT2D eigenvalue weighted by Crippen LogP contribution is -2.50. The molecule has 0 aromatic carbocycles. The molecule has 1 aromatic rings. The van der Waals surface area contributed by atoms with Crippen molar-refractivity contribution in [3.63, 3.8) is 0 Å². The molecule has 0 spiro atoms. The van der Waals surface area contributed by atoms with E-state index in [1.807, 2.05) is 13.1 Å². The zero-order valence-corrected chi connectivity index (χ0v) is 11.0. The quantitative estimate of drug-likeness (QED) is 0.846. The summed E-state index contributed by atoms with van der Waals surface area (Å²) in [7, 11) is 2.18. The fourth-order valence-corrected chi connectivity index (χ4v) is 2.76. The van der Waals surface area contributed by atoms with Crippen molar-refractivity contribution in [1.29, 1.82) is 0 Å². The van der Waals surface area contributed by atoms with E-state index in [4.69, 9.17) is 5.73 Å². The molecule has 16 heavy (non-hydrogen) atoms. The van der Waals surface area contributed by atoms with Crippen LogP contribution >= 0.6 is 11.3 Å². The molecule has 0 bridgehead atoms. The van der Waals surface area contributed by atoms with Gasteiger partial charge in [-0.05, 0) is 20.9 Å². The van der Waals surface area contributed by atoms with Crippen molar-refractivity contribution in [2.45, 2.75) is 25.9 Å². The van der Waals surface area contributed by atoms with E-state index in [1.165, 1.54) is 4.88 Å². The highest BCUT2D eigenvalue weighted by Crippen LogP contribution is 2.27. The first-order chi connectivity index (χ1) is 7.58. The normalized spacial score (nSPS) is 24.8. The molecule has 5 heteroatoms. The Morgan fingerprint density at radius 3 is 2.88 bits per heavy atom. The molecule has 2 rings (SSSR count). The fourth-order valence-electron chi connectivity index (χ4n) is 1.86. The van der Waals surface area contributed by atoms with Crippen molar-refractivity contribution >= 4 is 16.5 Å². The van der Waals surface area contributed by atoms with E-state index in [9.17, 15) is 0 Å². The van der Waals surface area contributed by atoms with Crippen molar-refractivity contribution in [2.24, 2.45) is 5.73 Å². The van der Waals surface area contributed by atoms with Crippen LogP contribution in [-0.2, 0) is 0 Å². The molecule has 4 nitrogen and oxygen atoms in total. The second-order valence-electron chi connectivity index (χ2n) is 4.61. The van der Waals surface area contributed by atoms with Crippen LogP contribution in [0.1, 0.15) is 24.8 Å². The first-order valence-electron chi connectivity index (χ1n) is 5.74. The number of likely N-dealkylation sites (N-methyl/N-ethyl adjacent to an activating group) is 1. The molecule has 1 aliphatic heterocycles. The van der Waals surface area contributed by atoms with Crippen LogP contribution in [0.25, 0.3) is 0 Å². The van der Waals surface area contributed by atoms with E-state index in [-0.39, 0.29) is 6.04 Å². The van der Waals surface area contributed by atoms with Crippen LogP contribution in [0.3, 0.4) is 0 Å². The highest BCUT2D eigenvalue weighted by Gasteiger charge is 2.22. The number of anilines is 1. The zero-order valence-electron chi connectivity index (χ0n) is 10.2. The van der Waals surface area contributed by atoms with E-state index < -0.39 is 0 Å². The molecule has 0 aliphatic carbocycles. The lowest BCUT2D eigenvalue weighted by molar-refractivity contribution is 0.234. The topological polar surface area (TPSA) is 45.4 Å². The Morgan fingerprint density at radius 2 is 2.31 bits per heavy atom. The third-order valence-electron chi connectivity index (χ3n) is 3.19. The summed E-state index contributed by atoms with van der Waals surface area (Å²) in [5, 5.41) is 1.12. The van der Waals surface area contributed by atoms with E-state index in [0.717, 1.165) is 24.8 Å². The van der Waals surface area contributed by atoms with Crippen molar-refractivity contribution < 1.29 is 0 Å². The first kappa shape index (κ1) is 11.8. The Bertz CT molecular complexity index is 350. The van der Waals surface area contributed by atoms with E-state index >= 15 is 0 Å². The molecule has 1 saturated heterocycles. The Morgan fingerprint density at radius 1 is 1.56 bits per heavy atom. The standard InChI is InChI=1S/C11H20N4S/c1-8-7-15(5-4-14(8)3)11-13-6-10(16-11)9(2)12/h6,8-9H,4-5,7,12H2,1-3H3. The van der Waals surface area contributed by atoms with Gasteiger partial charge in [-0.25, -0.2) is 4.98 Å². The maximum atomic E-state index is 5.85. The molecule has 2 N–H and O–H groups in total. The Kier molecular flexibility index (Phi) is 3.47. The number of rotatable bonds is 2. The summed E-state index contributed by atoms with van der Waals surface area (Å²) in [6.45, 7) is 7.49. The lowest BCUT2D eigenvalue weighted by atomic mass is 10.2. The van der Waals surface area contributed by atoms with Crippen LogP contribution in [0.2, 0.25) is 0 Å². The third-order valence-corrected chi connectivity index (χ3v) is 4.45. The number of aromatic nitrogens is 1. The predicted molar refractivity (Wildman–Crippen MR) is 69.0 cm³/mol. The average Bonchev–Trinajstić information content (AvgIpc) is 2.71. The fraction of sp³-hybridized carbons (Fsp3) is 0.727. The Labute approximate surface area is 101 Å². The van der Waals surface area contributed by atoms with E-state index in [1.54, 1.807) is 11.3 Å². The molecule has 1 aliphatic rings. The van der Waals surface area contributed by atoms with Gasteiger partial charge in [0.15, 0.2) is 5.13 Å². The van der Waals surface area contributed by atoms with Crippen LogP contribution in [0, 0.1) is 0 Å². The van der Waals surface area contributed by atoms with Gasteiger partial charge < -0.3 is 15.5 Å². The van der Waals surface area contributed by atoms with Crippen molar-refractivity contribution in [3.05, 3.63) is 11.1 Å². The van der Waals surface area contributed by atoms with Gasteiger partial charge in [-0.2, -0.15) is 0 Å². The van der Waals surface area contributed by atoms with Crippen molar-refractivity contribution in [2.75, 3.05) is 31.6 Å². The first-order valence-corrected chi connectivity index (χ1v) is 6.56. The van der Waals surface area contributed by atoms with Gasteiger partial charge in [0.1, 0.15) is 0 Å². The molecular weight excluding hydrogens is 220 g/mol. The molecule has 2 unspecified atom stereocenters. The molecule has 90 valence electrons. The number of hydrogen-bond acceptors (Lipinski definition) is 5. The molecule has 0 saturated carbocycles. The van der Waals surface area contributed by atoms with Gasteiger partial charge in [-0.3, -0.25) is 0 Å². The average molecular weight is 240 g/mol. The van der Waals surface area contributed by atoms with Crippen LogP contribution in [0.5, 0.6) is 0 Å². The summed E-state index contributed by atoms with van der Waals surface area (Å²) in [4.78, 5) is 10.4. The largest absolute Gasteiger partial charge is 0.345 e. The molecule has 0 amide bonds. The van der Waals surface area contributed by atoms with Crippen LogP contribution in [-0.4, -0.2) is 42.6 Å². The number of piperazine rings is 1. The minimum atomic E-state index is 0.0936. The number of thiazole rings is 1. The summed E-state index contributed by atoms with van der Waals surface area (Å²) >= 11 is 1.72. The highest BCUT2D eigenvalue weighted by molar-refractivity contribution is 7.15. The summed E-state index contributed by atoms with van der Waals surface area (Å²) in [6, 6.07) is 0.688. The van der Waals surface area contributed by atoms with Crippen LogP contribution in [0.4, 0.5) is 5.13 Å². The number of hydrogen-bond donors (Lipinski definition) is 1. The van der Waals surface area contributed by atoms with Gasteiger partial charge in [0.25, 0.3) is 0 Å². The third kappa shape index (κ3) is 2.36. The van der Waals surface area contributed by atoms with Gasteiger partial charge in [-0.15, -0.1) is 11.3 Å². The minimum absolute atomic E-state index is 0.0936.